The van der Waals surface area contributed by atoms with E-state index in [9.17, 15) is 18.0 Å². The smallest absolute Gasteiger partial charge is 0.335 e. The molecule has 0 saturated carbocycles. The predicted molar refractivity (Wildman–Crippen MR) is 115 cm³/mol. The van der Waals surface area contributed by atoms with Gasteiger partial charge in [-0.1, -0.05) is 11.6 Å². The van der Waals surface area contributed by atoms with Crippen molar-refractivity contribution in [2.45, 2.75) is 32.3 Å². The minimum Gasteiger partial charge on any atom is -0.495 e. The third-order valence-corrected chi connectivity index (χ3v) is 7.84. The van der Waals surface area contributed by atoms with E-state index in [0.717, 1.165) is 0 Å². The molecule has 11 heteroatoms. The van der Waals surface area contributed by atoms with Gasteiger partial charge in [0.2, 0.25) is 10.0 Å². The lowest BCUT2D eigenvalue weighted by atomic mass is 9.83. The van der Waals surface area contributed by atoms with Crippen LogP contribution in [0.3, 0.4) is 0 Å². The number of nitrogens with zero attached hydrogens (tertiary/aromatic N) is 1. The topological polar surface area (TPSA) is 111 Å². The zero-order valence-electron chi connectivity index (χ0n) is 17.8. The Bertz CT molecular complexity index is 1040. The van der Waals surface area contributed by atoms with Gasteiger partial charge in [0, 0.05) is 37.6 Å². The molecule has 170 valence electrons. The Balaban J connectivity index is 1.89. The van der Waals surface area contributed by atoms with Crippen LogP contribution < -0.4 is 14.8 Å². The van der Waals surface area contributed by atoms with Crippen LogP contribution in [0.2, 0.25) is 5.02 Å². The number of carbonyl (C=O) groups excluding carboxylic acids is 2. The Hall–Kier alpha value is -2.30. The summed E-state index contributed by atoms with van der Waals surface area (Å²) in [4.78, 5) is 25.6. The van der Waals surface area contributed by atoms with Crippen molar-refractivity contribution in [3.05, 3.63) is 28.3 Å². The zero-order valence-corrected chi connectivity index (χ0v) is 19.4. The molecule has 9 nitrogen and oxygen atoms in total. The maximum atomic E-state index is 13.2. The molecule has 0 aromatic heterocycles. The fourth-order valence-electron chi connectivity index (χ4n) is 3.93. The molecular formula is C20H25ClN2O7S. The summed E-state index contributed by atoms with van der Waals surface area (Å²) < 4.78 is 41.8. The average molecular weight is 473 g/mol. The largest absolute Gasteiger partial charge is 0.495 e. The van der Waals surface area contributed by atoms with E-state index in [2.05, 4.69) is 5.32 Å². The molecule has 1 saturated heterocycles. The van der Waals surface area contributed by atoms with Crippen molar-refractivity contribution in [1.29, 1.82) is 0 Å². The molecule has 1 fully saturated rings. The van der Waals surface area contributed by atoms with Crippen molar-refractivity contribution in [2.75, 3.05) is 38.4 Å². The number of nitrogens with one attached hydrogen (secondary N) is 1. The molecule has 1 amide bonds. The van der Waals surface area contributed by atoms with Crippen LogP contribution in [-0.4, -0.2) is 63.3 Å². The minimum atomic E-state index is -3.37. The Kier molecular flexibility index (Phi) is 6.54. The number of piperidine rings is 1. The second-order valence-corrected chi connectivity index (χ2v) is 9.99. The first-order valence-corrected chi connectivity index (χ1v) is 11.7. The van der Waals surface area contributed by atoms with Gasteiger partial charge in [0.25, 0.3) is 5.91 Å². The maximum absolute atomic E-state index is 13.2. The second kappa shape index (κ2) is 8.68. The monoisotopic (exact) mass is 472 g/mol. The highest BCUT2D eigenvalue weighted by Crippen LogP contribution is 2.43. The van der Waals surface area contributed by atoms with E-state index in [1.807, 2.05) is 0 Å². The Morgan fingerprint density at radius 1 is 1.23 bits per heavy atom. The Labute approximate surface area is 186 Å². The lowest BCUT2D eigenvalue weighted by Gasteiger charge is -2.38. The number of carbonyl (C=O) groups is 2. The molecule has 0 radical (unpaired) electrons. The van der Waals surface area contributed by atoms with Gasteiger partial charge in [0.1, 0.15) is 17.1 Å². The van der Waals surface area contributed by atoms with E-state index in [-0.39, 0.29) is 47.9 Å². The highest BCUT2D eigenvalue weighted by atomic mass is 35.5. The summed E-state index contributed by atoms with van der Waals surface area (Å²) in [6, 6.07) is 3.03. The van der Waals surface area contributed by atoms with Crippen LogP contribution in [0.15, 0.2) is 23.3 Å². The van der Waals surface area contributed by atoms with Crippen LogP contribution in [0.4, 0.5) is 5.69 Å². The summed E-state index contributed by atoms with van der Waals surface area (Å²) >= 11 is 6.18. The van der Waals surface area contributed by atoms with E-state index in [4.69, 9.17) is 25.8 Å². The molecular weight excluding hydrogens is 448 g/mol. The number of benzene rings is 1. The first-order valence-electron chi connectivity index (χ1n) is 9.74. The van der Waals surface area contributed by atoms with Gasteiger partial charge in [0.15, 0.2) is 0 Å². The fraction of sp³-hybridized carbons (Fsp3) is 0.500. The molecule has 2 aliphatic heterocycles. The van der Waals surface area contributed by atoms with E-state index < -0.39 is 27.5 Å². The zero-order chi connectivity index (χ0) is 23.0. The summed E-state index contributed by atoms with van der Waals surface area (Å²) in [6.45, 7) is 3.42. The molecule has 3 rings (SSSR count). The number of anilines is 1. The van der Waals surface area contributed by atoms with Crippen molar-refractivity contribution in [2.24, 2.45) is 0 Å². The number of hydrogen-bond acceptors (Lipinski definition) is 7. The number of rotatable bonds is 6. The number of methoxy groups -OCH3 is 2. The van der Waals surface area contributed by atoms with Gasteiger partial charge in [-0.2, -0.15) is 0 Å². The summed E-state index contributed by atoms with van der Waals surface area (Å²) in [5.41, 5.74) is -0.476. The number of ether oxygens (including phenoxy) is 3. The lowest BCUT2D eigenvalue weighted by Crippen LogP contribution is -2.49. The number of hydrogen-bond donors (Lipinski definition) is 1. The van der Waals surface area contributed by atoms with Crippen LogP contribution in [0.1, 0.15) is 26.7 Å². The molecule has 1 aromatic rings. The molecule has 1 aromatic carbocycles. The highest BCUT2D eigenvalue weighted by molar-refractivity contribution is 7.89. The summed E-state index contributed by atoms with van der Waals surface area (Å²) in [5.74, 6) is -0.422. The number of sulfonamides is 1. The van der Waals surface area contributed by atoms with Gasteiger partial charge in [-0.15, -0.1) is 0 Å². The molecule has 0 bridgehead atoms. The molecule has 1 N–H and O–H groups in total. The summed E-state index contributed by atoms with van der Waals surface area (Å²) in [5, 5.41) is 3.02. The first kappa shape index (κ1) is 23.4. The van der Waals surface area contributed by atoms with Crippen LogP contribution in [0, 0.1) is 0 Å². The van der Waals surface area contributed by atoms with Crippen molar-refractivity contribution < 1.29 is 32.2 Å². The fourth-order valence-corrected chi connectivity index (χ4v) is 5.27. The Morgan fingerprint density at radius 3 is 2.39 bits per heavy atom. The molecule has 2 heterocycles. The van der Waals surface area contributed by atoms with E-state index in [0.29, 0.717) is 17.2 Å². The molecule has 1 spiro atoms. The molecule has 0 atom stereocenters. The highest BCUT2D eigenvalue weighted by Gasteiger charge is 2.51. The predicted octanol–water partition coefficient (Wildman–Crippen LogP) is 2.35. The quantitative estimate of drug-likeness (QED) is 0.632. The van der Waals surface area contributed by atoms with Gasteiger partial charge >= 0.3 is 5.97 Å². The first-order chi connectivity index (χ1) is 14.6. The second-order valence-electron chi connectivity index (χ2n) is 7.32. The summed E-state index contributed by atoms with van der Waals surface area (Å²) in [7, 11) is -0.465. The SMILES string of the molecule is CCS(=O)(=O)N1CCC2(CC1)OC(=O)C(C)=C2C(=O)Nc1cc(Cl)c(OC)cc1OC. The van der Waals surface area contributed by atoms with Crippen LogP contribution in [-0.2, 0) is 24.3 Å². The molecule has 2 aliphatic rings. The number of halogens is 1. The lowest BCUT2D eigenvalue weighted by molar-refractivity contribution is -0.149. The van der Waals surface area contributed by atoms with E-state index in [1.165, 1.54) is 31.5 Å². The average Bonchev–Trinajstić information content (AvgIpc) is 2.97. The van der Waals surface area contributed by atoms with Gasteiger partial charge in [-0.3, -0.25) is 4.79 Å². The van der Waals surface area contributed by atoms with Crippen molar-refractivity contribution in [3.8, 4) is 11.5 Å². The van der Waals surface area contributed by atoms with E-state index in [1.54, 1.807) is 13.0 Å². The van der Waals surface area contributed by atoms with Gasteiger partial charge < -0.3 is 19.5 Å². The van der Waals surface area contributed by atoms with Gasteiger partial charge in [-0.25, -0.2) is 17.5 Å². The van der Waals surface area contributed by atoms with Crippen molar-refractivity contribution in [1.82, 2.24) is 4.31 Å². The Morgan fingerprint density at radius 2 is 1.84 bits per heavy atom. The van der Waals surface area contributed by atoms with Gasteiger partial charge in [-0.05, 0) is 19.9 Å². The summed E-state index contributed by atoms with van der Waals surface area (Å²) in [6.07, 6.45) is 0.386. The number of esters is 1. The van der Waals surface area contributed by atoms with Crippen LogP contribution in [0.5, 0.6) is 11.5 Å². The van der Waals surface area contributed by atoms with E-state index >= 15 is 0 Å². The number of amides is 1. The van der Waals surface area contributed by atoms with Crippen molar-refractivity contribution >= 4 is 39.2 Å². The third-order valence-electron chi connectivity index (χ3n) is 5.66. The molecule has 0 aliphatic carbocycles. The standard InChI is InChI=1S/C20H25ClN2O7S/c1-5-31(26,27)23-8-6-20(7-9-23)17(12(2)19(25)30-20)18(24)22-14-10-13(21)15(28-3)11-16(14)29-4/h10-11H,5-9H2,1-4H3,(H,22,24). The molecule has 31 heavy (non-hydrogen) atoms. The third kappa shape index (κ3) is 4.24. The minimum absolute atomic E-state index is 0.0139. The van der Waals surface area contributed by atoms with Crippen LogP contribution in [0.25, 0.3) is 0 Å². The van der Waals surface area contributed by atoms with Crippen LogP contribution >= 0.6 is 11.6 Å². The van der Waals surface area contributed by atoms with Gasteiger partial charge in [0.05, 0.1) is 36.3 Å². The van der Waals surface area contributed by atoms with Crippen molar-refractivity contribution in [3.63, 3.8) is 0 Å². The molecule has 0 unspecified atom stereocenters. The normalized spacial score (nSPS) is 18.8. The maximum Gasteiger partial charge on any atom is 0.335 e.